The highest BCUT2D eigenvalue weighted by atomic mass is 79.9. The molecule has 2 aromatic rings. The van der Waals surface area contributed by atoms with Gasteiger partial charge in [0, 0.05) is 42.1 Å². The van der Waals surface area contributed by atoms with E-state index >= 15 is 0 Å². The molecule has 36 heavy (non-hydrogen) atoms. The number of piperidine rings is 2. The van der Waals surface area contributed by atoms with E-state index in [-0.39, 0.29) is 51.1 Å². The fourth-order valence-electron chi connectivity index (χ4n) is 9.29. The van der Waals surface area contributed by atoms with Crippen molar-refractivity contribution in [1.82, 2.24) is 0 Å². The van der Waals surface area contributed by atoms with Gasteiger partial charge in [-0.2, -0.15) is 0 Å². The summed E-state index contributed by atoms with van der Waals surface area (Å²) in [5, 5.41) is 11.2. The second kappa shape index (κ2) is 7.49. The van der Waals surface area contributed by atoms with Crippen molar-refractivity contribution in [3.8, 4) is 0 Å². The van der Waals surface area contributed by atoms with E-state index in [1.807, 2.05) is 12.1 Å². The zero-order valence-corrected chi connectivity index (χ0v) is 21.5. The normalized spacial score (nSPS) is 38.6. The Morgan fingerprint density at radius 1 is 1.17 bits per heavy atom. The number of fused-ring (bicyclic) bond motifs is 2. The van der Waals surface area contributed by atoms with Gasteiger partial charge in [0.1, 0.15) is 19.1 Å². The summed E-state index contributed by atoms with van der Waals surface area (Å²) in [5.41, 5.74) is 5.24. The van der Waals surface area contributed by atoms with Crippen LogP contribution in [0.3, 0.4) is 0 Å². The Hall–Kier alpha value is -2.55. The highest BCUT2D eigenvalue weighted by Crippen LogP contribution is 2.67. The van der Waals surface area contributed by atoms with E-state index < -0.39 is 0 Å². The van der Waals surface area contributed by atoms with Gasteiger partial charge >= 0.3 is 0 Å². The predicted molar refractivity (Wildman–Crippen MR) is 129 cm³/mol. The van der Waals surface area contributed by atoms with E-state index in [4.69, 9.17) is 4.74 Å². The van der Waals surface area contributed by atoms with Crippen LogP contribution in [0, 0.1) is 22.0 Å². The summed E-state index contributed by atoms with van der Waals surface area (Å²) in [5.74, 6) is 1.03. The molecule has 1 unspecified atom stereocenters. The third-order valence-electron chi connectivity index (χ3n) is 10.4. The molecule has 7 atom stereocenters. The Morgan fingerprint density at radius 3 is 2.78 bits per heavy atom. The molecule has 1 spiro atoms. The summed E-state index contributed by atoms with van der Waals surface area (Å²) in [7, 11) is 0. The average Bonchev–Trinajstić information content (AvgIpc) is 3.29. The smallest absolute Gasteiger partial charge is 0.269 e. The predicted octanol–water partition coefficient (Wildman–Crippen LogP) is 0.720. The molecule has 6 aliphatic rings. The molecule has 8 heteroatoms. The number of benzene rings is 2. The van der Waals surface area contributed by atoms with Crippen LogP contribution in [0.5, 0.6) is 0 Å². The van der Waals surface area contributed by atoms with Crippen molar-refractivity contribution < 1.29 is 35.9 Å². The van der Waals surface area contributed by atoms with Crippen LogP contribution in [0.15, 0.2) is 60.2 Å². The third kappa shape index (κ3) is 2.62. The lowest BCUT2D eigenvalue weighted by molar-refractivity contribution is -0.955. The summed E-state index contributed by atoms with van der Waals surface area (Å²) in [6.45, 7) is 3.54. The number of hydrogen-bond donors (Lipinski definition) is 0. The fourth-order valence-corrected chi connectivity index (χ4v) is 9.29. The van der Waals surface area contributed by atoms with Gasteiger partial charge in [-0.25, -0.2) is 0 Å². The van der Waals surface area contributed by atoms with Gasteiger partial charge in [0.15, 0.2) is 0 Å². The van der Waals surface area contributed by atoms with Crippen molar-refractivity contribution in [3.63, 3.8) is 0 Å². The Morgan fingerprint density at radius 2 is 1.97 bits per heavy atom. The standard InChI is InChI=1S/C28H28N3O4.BrH/c32-25-14-23-26-20-13-24-28(21-3-1-2-4-22(21)29(25)27(26)28)10-11-31(24,16-18(20)9-12-35-23)15-17-5-7-19(8-6-17)30(33)34;/h1-9,20,23-24,26-27H,10-16H2;1H/q+1;/p-1/t20-,23-,24-,26-,27-,28+,31?;/m0./s1. The molecular formula is C28H28BrN3O4. The van der Waals surface area contributed by atoms with E-state index in [0.717, 1.165) is 48.2 Å². The quantitative estimate of drug-likeness (QED) is 0.245. The second-order valence-corrected chi connectivity index (χ2v) is 11.5. The number of nitrogens with zero attached hydrogens (tertiary/aromatic N) is 3. The molecule has 1 amide bonds. The van der Waals surface area contributed by atoms with E-state index in [2.05, 4.69) is 35.2 Å². The topological polar surface area (TPSA) is 72.7 Å². The lowest BCUT2D eigenvalue weighted by Crippen LogP contribution is -3.00. The molecule has 4 fully saturated rings. The summed E-state index contributed by atoms with van der Waals surface area (Å²) in [4.78, 5) is 26.6. The zero-order valence-electron chi connectivity index (χ0n) is 19.9. The summed E-state index contributed by atoms with van der Waals surface area (Å²) in [6, 6.07) is 16.4. The van der Waals surface area contributed by atoms with Crippen molar-refractivity contribution in [1.29, 1.82) is 0 Å². The molecule has 1 saturated carbocycles. The monoisotopic (exact) mass is 549 g/mol. The molecule has 7 nitrogen and oxygen atoms in total. The van der Waals surface area contributed by atoms with Gasteiger partial charge in [0.2, 0.25) is 5.91 Å². The van der Waals surface area contributed by atoms with Gasteiger partial charge in [-0.3, -0.25) is 14.9 Å². The second-order valence-electron chi connectivity index (χ2n) is 11.5. The molecule has 2 bridgehead atoms. The number of para-hydroxylation sites is 1. The molecule has 1 aliphatic carbocycles. The first-order chi connectivity index (χ1) is 17.0. The SMILES string of the molecule is O=C1C[C@@H]2OCC=C3C[N+]4(Cc5ccc([N+](=O)[O-])cc5)CC[C@]56c7ccccc7N1[C@H]5[C@H]2[C@H]3C[C@@H]64.[Br-]. The van der Waals surface area contributed by atoms with Crippen LogP contribution in [-0.4, -0.2) is 53.2 Å². The maximum atomic E-state index is 13.6. The Kier molecular flexibility index (Phi) is 4.71. The lowest BCUT2D eigenvalue weighted by atomic mass is 9.53. The molecule has 0 radical (unpaired) electrons. The van der Waals surface area contributed by atoms with Crippen molar-refractivity contribution in [2.24, 2.45) is 11.8 Å². The molecule has 0 aromatic heterocycles. The summed E-state index contributed by atoms with van der Waals surface area (Å²) in [6.07, 6.45) is 5.01. The van der Waals surface area contributed by atoms with Gasteiger partial charge in [0.05, 0.1) is 42.1 Å². The molecule has 0 N–H and O–H groups in total. The number of amides is 1. The number of non-ortho nitro benzene ring substituents is 1. The van der Waals surface area contributed by atoms with Gasteiger partial charge in [-0.05, 0) is 35.3 Å². The summed E-state index contributed by atoms with van der Waals surface area (Å²) >= 11 is 0. The largest absolute Gasteiger partial charge is 1.00 e. The minimum absolute atomic E-state index is 0. The average molecular weight is 550 g/mol. The highest BCUT2D eigenvalue weighted by Gasteiger charge is 2.75. The number of nitro groups is 1. The van der Waals surface area contributed by atoms with Crippen LogP contribution in [0.4, 0.5) is 11.4 Å². The van der Waals surface area contributed by atoms with Gasteiger partial charge < -0.3 is 31.1 Å². The number of carbonyl (C=O) groups excluding carboxylic acids is 1. The van der Waals surface area contributed by atoms with E-state index in [0.29, 0.717) is 30.9 Å². The third-order valence-corrected chi connectivity index (χ3v) is 10.4. The number of ether oxygens (including phenoxy) is 1. The number of halogens is 1. The van der Waals surface area contributed by atoms with Crippen molar-refractivity contribution in [3.05, 3.63) is 81.4 Å². The molecule has 2 aromatic carbocycles. The van der Waals surface area contributed by atoms with Crippen LogP contribution >= 0.6 is 0 Å². The zero-order chi connectivity index (χ0) is 23.5. The first-order valence-corrected chi connectivity index (χ1v) is 12.8. The van der Waals surface area contributed by atoms with Crippen molar-refractivity contribution in [2.45, 2.75) is 49.4 Å². The molecule has 8 rings (SSSR count). The van der Waals surface area contributed by atoms with Gasteiger partial charge in [-0.1, -0.05) is 24.3 Å². The van der Waals surface area contributed by atoms with E-state index in [9.17, 15) is 14.9 Å². The van der Waals surface area contributed by atoms with Crippen molar-refractivity contribution >= 4 is 17.3 Å². The molecule has 5 heterocycles. The maximum absolute atomic E-state index is 13.6. The number of quaternary nitrogens is 1. The van der Waals surface area contributed by atoms with Gasteiger partial charge in [-0.15, -0.1) is 0 Å². The highest BCUT2D eigenvalue weighted by molar-refractivity contribution is 5.99. The number of nitro benzene ring substituents is 1. The minimum Gasteiger partial charge on any atom is -1.00 e. The lowest BCUT2D eigenvalue weighted by Gasteiger charge is -2.60. The molecule has 3 saturated heterocycles. The molecular weight excluding hydrogens is 522 g/mol. The molecule has 186 valence electrons. The molecule has 5 aliphatic heterocycles. The van der Waals surface area contributed by atoms with E-state index in [1.54, 1.807) is 12.1 Å². The van der Waals surface area contributed by atoms with Crippen LogP contribution in [0.2, 0.25) is 0 Å². The Balaban J connectivity index is 0.00000220. The van der Waals surface area contributed by atoms with E-state index in [1.165, 1.54) is 11.1 Å². The Labute approximate surface area is 220 Å². The fraction of sp³-hybridized carbons (Fsp3) is 0.464. The number of carbonyl (C=O) groups is 1. The first-order valence-electron chi connectivity index (χ1n) is 12.8. The number of anilines is 1. The maximum Gasteiger partial charge on any atom is 0.269 e. The van der Waals surface area contributed by atoms with Crippen LogP contribution in [-0.2, 0) is 21.5 Å². The van der Waals surface area contributed by atoms with Crippen molar-refractivity contribution in [2.75, 3.05) is 24.6 Å². The van der Waals surface area contributed by atoms with Gasteiger partial charge in [0.25, 0.3) is 5.69 Å². The van der Waals surface area contributed by atoms with Crippen LogP contribution in [0.1, 0.15) is 30.4 Å². The number of rotatable bonds is 3. The van der Waals surface area contributed by atoms with Crippen LogP contribution in [0.25, 0.3) is 0 Å². The summed E-state index contributed by atoms with van der Waals surface area (Å²) < 4.78 is 7.36. The minimum atomic E-state index is -0.329. The number of hydrogen-bond acceptors (Lipinski definition) is 4. The Bertz CT molecular complexity index is 1330. The van der Waals surface area contributed by atoms with Crippen LogP contribution < -0.4 is 21.9 Å². The first kappa shape index (κ1) is 22.6.